The van der Waals surface area contributed by atoms with Gasteiger partial charge >= 0.3 is 0 Å². The monoisotopic (exact) mass is 449 g/mol. The van der Waals surface area contributed by atoms with Crippen LogP contribution in [-0.4, -0.2) is 42.4 Å². The van der Waals surface area contributed by atoms with Crippen LogP contribution in [0.5, 0.6) is 0 Å². The van der Waals surface area contributed by atoms with Crippen molar-refractivity contribution in [1.82, 2.24) is 0 Å². The molecule has 3 N–H and O–H groups in total. The molecule has 174 valence electrons. The van der Waals surface area contributed by atoms with E-state index in [4.69, 9.17) is 24.7 Å². The lowest BCUT2D eigenvalue weighted by atomic mass is 9.96. The van der Waals surface area contributed by atoms with E-state index in [1.807, 2.05) is 91.0 Å². The van der Waals surface area contributed by atoms with Gasteiger partial charge in [0, 0.05) is 0 Å². The Morgan fingerprint density at radius 1 is 0.667 bits per heavy atom. The number of rotatable bonds is 10. The Balaban J connectivity index is 1.41. The van der Waals surface area contributed by atoms with Gasteiger partial charge in [0.2, 0.25) is 0 Å². The molecule has 1 aliphatic heterocycles. The zero-order chi connectivity index (χ0) is 22.9. The summed E-state index contributed by atoms with van der Waals surface area (Å²) in [7, 11) is 0. The highest BCUT2D eigenvalue weighted by Gasteiger charge is 2.45. The molecule has 0 aromatic heterocycles. The summed E-state index contributed by atoms with van der Waals surface area (Å²) < 4.78 is 23.9. The first kappa shape index (κ1) is 23.6. The zero-order valence-corrected chi connectivity index (χ0v) is 18.5. The molecule has 6 heteroatoms. The van der Waals surface area contributed by atoms with Crippen molar-refractivity contribution in [2.24, 2.45) is 5.73 Å². The minimum absolute atomic E-state index is 0.240. The highest BCUT2D eigenvalue weighted by molar-refractivity contribution is 5.15. The number of ether oxygens (including phenoxy) is 4. The van der Waals surface area contributed by atoms with Gasteiger partial charge in [0.1, 0.15) is 18.3 Å². The van der Waals surface area contributed by atoms with Crippen molar-refractivity contribution in [2.45, 2.75) is 50.5 Å². The molecule has 0 saturated carbocycles. The first-order valence-corrected chi connectivity index (χ1v) is 11.2. The van der Waals surface area contributed by atoms with Gasteiger partial charge in [-0.2, -0.15) is 0 Å². The Labute approximate surface area is 194 Å². The molecule has 5 atom stereocenters. The topological polar surface area (TPSA) is 83.2 Å². The van der Waals surface area contributed by atoms with Crippen molar-refractivity contribution in [3.05, 3.63) is 108 Å². The molecule has 0 spiro atoms. The van der Waals surface area contributed by atoms with Crippen LogP contribution in [0.3, 0.4) is 0 Å². The third kappa shape index (κ3) is 6.71. The number of nitrogens with two attached hydrogens (primary N) is 1. The van der Waals surface area contributed by atoms with Crippen LogP contribution in [-0.2, 0) is 38.8 Å². The SMILES string of the molecule is N[C@H]1[C@@H](OCc2ccccc2)[C@@H](OCc2ccccc2)[C@H](O)O[C@H]1COCc1ccccc1. The molecule has 1 heterocycles. The summed E-state index contributed by atoms with van der Waals surface area (Å²) in [6, 6.07) is 29.0. The molecule has 33 heavy (non-hydrogen) atoms. The van der Waals surface area contributed by atoms with Crippen LogP contribution in [0.15, 0.2) is 91.0 Å². The predicted molar refractivity (Wildman–Crippen MR) is 125 cm³/mol. The Morgan fingerprint density at radius 2 is 1.12 bits per heavy atom. The first-order chi connectivity index (χ1) is 16.2. The highest BCUT2D eigenvalue weighted by atomic mass is 16.7. The van der Waals surface area contributed by atoms with Crippen molar-refractivity contribution in [1.29, 1.82) is 0 Å². The van der Waals surface area contributed by atoms with Crippen molar-refractivity contribution < 1.29 is 24.1 Å². The smallest absolute Gasteiger partial charge is 0.184 e. The average molecular weight is 450 g/mol. The lowest BCUT2D eigenvalue weighted by Gasteiger charge is -2.43. The van der Waals surface area contributed by atoms with E-state index >= 15 is 0 Å². The van der Waals surface area contributed by atoms with Crippen LogP contribution < -0.4 is 5.73 Å². The lowest BCUT2D eigenvalue weighted by Crippen LogP contribution is -2.63. The van der Waals surface area contributed by atoms with Crippen LogP contribution >= 0.6 is 0 Å². The maximum atomic E-state index is 10.8. The molecule has 3 aromatic rings. The van der Waals surface area contributed by atoms with E-state index in [2.05, 4.69) is 0 Å². The summed E-state index contributed by atoms with van der Waals surface area (Å²) in [6.45, 7) is 1.35. The van der Waals surface area contributed by atoms with Crippen molar-refractivity contribution in [3.63, 3.8) is 0 Å². The Morgan fingerprint density at radius 3 is 1.64 bits per heavy atom. The number of benzene rings is 3. The van der Waals surface area contributed by atoms with Gasteiger partial charge in [0.05, 0.1) is 32.5 Å². The van der Waals surface area contributed by atoms with Crippen molar-refractivity contribution >= 4 is 0 Å². The summed E-state index contributed by atoms with van der Waals surface area (Å²) >= 11 is 0. The summed E-state index contributed by atoms with van der Waals surface area (Å²) in [4.78, 5) is 0. The Hall–Kier alpha value is -2.58. The largest absolute Gasteiger partial charge is 0.374 e. The first-order valence-electron chi connectivity index (χ1n) is 11.2. The van der Waals surface area contributed by atoms with Crippen molar-refractivity contribution in [2.75, 3.05) is 6.61 Å². The fraction of sp³-hybridized carbons (Fsp3) is 0.333. The van der Waals surface area contributed by atoms with Crippen LogP contribution in [0, 0.1) is 0 Å². The van der Waals surface area contributed by atoms with E-state index in [9.17, 15) is 5.11 Å². The van der Waals surface area contributed by atoms with Gasteiger partial charge in [-0.25, -0.2) is 0 Å². The second kappa shape index (κ2) is 12.0. The maximum absolute atomic E-state index is 10.8. The van der Waals surface area contributed by atoms with Gasteiger partial charge in [-0.05, 0) is 16.7 Å². The van der Waals surface area contributed by atoms with Gasteiger partial charge < -0.3 is 29.8 Å². The van der Waals surface area contributed by atoms with Gasteiger partial charge in [0.25, 0.3) is 0 Å². The van der Waals surface area contributed by atoms with E-state index in [1.165, 1.54) is 0 Å². The van der Waals surface area contributed by atoms with Crippen LogP contribution in [0.2, 0.25) is 0 Å². The minimum Gasteiger partial charge on any atom is -0.374 e. The van der Waals surface area contributed by atoms with Gasteiger partial charge in [-0.1, -0.05) is 91.0 Å². The zero-order valence-electron chi connectivity index (χ0n) is 18.5. The fourth-order valence-electron chi connectivity index (χ4n) is 3.87. The number of aliphatic hydroxyl groups is 1. The molecule has 0 aliphatic carbocycles. The highest BCUT2D eigenvalue weighted by Crippen LogP contribution is 2.26. The molecule has 1 fully saturated rings. The minimum atomic E-state index is -1.18. The molecular weight excluding hydrogens is 418 g/mol. The van der Waals surface area contributed by atoms with E-state index in [0.29, 0.717) is 19.8 Å². The number of hydrogen-bond donors (Lipinski definition) is 2. The van der Waals surface area contributed by atoms with Gasteiger partial charge in [-0.15, -0.1) is 0 Å². The van der Waals surface area contributed by atoms with Crippen LogP contribution in [0.25, 0.3) is 0 Å². The van der Waals surface area contributed by atoms with E-state index in [0.717, 1.165) is 16.7 Å². The quantitative estimate of drug-likeness (QED) is 0.494. The number of hydrogen-bond acceptors (Lipinski definition) is 6. The molecule has 3 aromatic carbocycles. The number of aliphatic hydroxyl groups excluding tert-OH is 1. The van der Waals surface area contributed by atoms with Crippen molar-refractivity contribution in [3.8, 4) is 0 Å². The van der Waals surface area contributed by atoms with E-state index in [-0.39, 0.29) is 6.61 Å². The van der Waals surface area contributed by atoms with Crippen LogP contribution in [0.4, 0.5) is 0 Å². The van der Waals surface area contributed by atoms with E-state index < -0.39 is 30.6 Å². The third-order valence-electron chi connectivity index (χ3n) is 5.69. The maximum Gasteiger partial charge on any atom is 0.184 e. The van der Waals surface area contributed by atoms with Gasteiger partial charge in [-0.3, -0.25) is 0 Å². The summed E-state index contributed by atoms with van der Waals surface area (Å²) in [5, 5.41) is 10.8. The normalized spacial score (nSPS) is 25.1. The third-order valence-corrected chi connectivity index (χ3v) is 5.69. The average Bonchev–Trinajstić information content (AvgIpc) is 2.86. The molecule has 0 bridgehead atoms. The lowest BCUT2D eigenvalue weighted by molar-refractivity contribution is -0.283. The standard InChI is InChI=1S/C27H31NO5/c28-24-23(19-30-16-20-10-4-1-5-11-20)33-27(29)26(32-18-22-14-8-3-9-15-22)25(24)31-17-21-12-6-2-7-13-21/h1-15,23-27,29H,16-19,28H2/t23-,24+,25+,26+,27+/m0/s1. The fourth-order valence-corrected chi connectivity index (χ4v) is 3.87. The summed E-state index contributed by atoms with van der Waals surface area (Å²) in [6.07, 6.45) is -3.00. The second-order valence-electron chi connectivity index (χ2n) is 8.17. The predicted octanol–water partition coefficient (Wildman–Crippen LogP) is 3.42. The molecule has 0 radical (unpaired) electrons. The molecule has 0 amide bonds. The Bertz CT molecular complexity index is 941. The Kier molecular flexibility index (Phi) is 8.60. The molecule has 1 aliphatic rings. The molecule has 1 saturated heterocycles. The van der Waals surface area contributed by atoms with Gasteiger partial charge in [0.15, 0.2) is 6.29 Å². The molecular formula is C27H31NO5. The molecule has 0 unspecified atom stereocenters. The molecule has 6 nitrogen and oxygen atoms in total. The second-order valence-corrected chi connectivity index (χ2v) is 8.17. The summed E-state index contributed by atoms with van der Waals surface area (Å²) in [5.74, 6) is 0. The molecule has 4 rings (SSSR count). The van der Waals surface area contributed by atoms with E-state index in [1.54, 1.807) is 0 Å². The summed E-state index contributed by atoms with van der Waals surface area (Å²) in [5.41, 5.74) is 9.64. The van der Waals surface area contributed by atoms with Crippen LogP contribution in [0.1, 0.15) is 16.7 Å².